The van der Waals surface area contributed by atoms with Crippen molar-refractivity contribution >= 4 is 11.8 Å². The monoisotopic (exact) mass is 280 g/mol. The van der Waals surface area contributed by atoms with E-state index >= 15 is 0 Å². The quantitative estimate of drug-likeness (QED) is 0.897. The average molecular weight is 280 g/mol. The van der Waals surface area contributed by atoms with E-state index in [4.69, 9.17) is 0 Å². The Morgan fingerprint density at radius 2 is 2.19 bits per heavy atom. The number of anilines is 1. The van der Waals surface area contributed by atoms with Gasteiger partial charge in [0.15, 0.2) is 11.9 Å². The minimum atomic E-state index is -0.961. The molecule has 2 aromatic rings. The fourth-order valence-electron chi connectivity index (χ4n) is 2.68. The molecule has 0 bridgehead atoms. The highest BCUT2D eigenvalue weighted by molar-refractivity contribution is 5.81. The first kappa shape index (κ1) is 13.1. The molecule has 1 unspecified atom stereocenters. The van der Waals surface area contributed by atoms with Gasteiger partial charge >= 0.3 is 5.97 Å². The van der Waals surface area contributed by atoms with E-state index in [2.05, 4.69) is 10.2 Å². The molecule has 1 aliphatic rings. The molecule has 0 fully saturated rings. The van der Waals surface area contributed by atoms with Crippen LogP contribution in [0.25, 0.3) is 0 Å². The number of hydrogen-bond acceptors (Lipinski definition) is 5. The highest BCUT2D eigenvalue weighted by atomic mass is 16.4. The second-order valence-electron chi connectivity index (χ2n) is 4.76. The van der Waals surface area contributed by atoms with Crippen molar-refractivity contribution in [3.8, 4) is 6.07 Å². The van der Waals surface area contributed by atoms with E-state index < -0.39 is 12.0 Å². The number of benzene rings is 1. The molecule has 6 heteroatoms. The summed E-state index contributed by atoms with van der Waals surface area (Å²) in [4.78, 5) is 13.4. The van der Waals surface area contributed by atoms with Gasteiger partial charge in [-0.1, -0.05) is 24.3 Å². The van der Waals surface area contributed by atoms with Gasteiger partial charge in [0.25, 0.3) is 0 Å². The van der Waals surface area contributed by atoms with Crippen molar-refractivity contribution in [2.24, 2.45) is 0 Å². The molecule has 1 aromatic carbocycles. The smallest absolute Gasteiger partial charge is 0.331 e. The molecule has 1 aliphatic heterocycles. The van der Waals surface area contributed by atoms with Gasteiger partial charge in [-0.3, -0.25) is 0 Å². The molecule has 0 amide bonds. The third-order valence-corrected chi connectivity index (χ3v) is 3.61. The minimum Gasteiger partial charge on any atom is -0.479 e. The van der Waals surface area contributed by atoms with Crippen molar-refractivity contribution in [3.05, 3.63) is 53.2 Å². The Bertz CT molecular complexity index is 738. The number of aromatic nitrogens is 2. The molecule has 0 saturated heterocycles. The Morgan fingerprint density at radius 1 is 1.38 bits per heavy atom. The highest BCUT2D eigenvalue weighted by Crippen LogP contribution is 2.33. The van der Waals surface area contributed by atoms with Crippen LogP contribution >= 0.6 is 0 Å². The number of carbonyl (C=O) groups is 1. The molecule has 0 radical (unpaired) electrons. The summed E-state index contributed by atoms with van der Waals surface area (Å²) in [6, 6.07) is 10.2. The topological polar surface area (TPSA) is 90.1 Å². The normalized spacial score (nSPS) is 16.9. The summed E-state index contributed by atoms with van der Waals surface area (Å²) >= 11 is 0. The lowest BCUT2D eigenvalue weighted by Crippen LogP contribution is -2.40. The lowest BCUT2D eigenvalue weighted by atomic mass is 9.92. The fraction of sp³-hybridized carbons (Fsp3) is 0.200. The summed E-state index contributed by atoms with van der Waals surface area (Å²) in [5.41, 5.74) is 2.09. The van der Waals surface area contributed by atoms with Crippen LogP contribution in [0.5, 0.6) is 0 Å². The maximum atomic E-state index is 11.7. The predicted molar refractivity (Wildman–Crippen MR) is 74.6 cm³/mol. The van der Waals surface area contributed by atoms with Gasteiger partial charge in [-0.2, -0.15) is 10.4 Å². The summed E-state index contributed by atoms with van der Waals surface area (Å²) < 4.78 is 0. The Hall–Kier alpha value is -2.94. The van der Waals surface area contributed by atoms with E-state index in [1.165, 1.54) is 6.20 Å². The van der Waals surface area contributed by atoms with Crippen LogP contribution in [0.4, 0.5) is 5.82 Å². The molecule has 21 heavy (non-hydrogen) atoms. The van der Waals surface area contributed by atoms with E-state index in [1.54, 1.807) is 11.0 Å². The van der Waals surface area contributed by atoms with E-state index in [0.717, 1.165) is 11.1 Å². The van der Waals surface area contributed by atoms with Gasteiger partial charge in [0.05, 0.1) is 11.8 Å². The molecule has 6 nitrogen and oxygen atoms in total. The molecular weight excluding hydrogens is 268 g/mol. The third kappa shape index (κ3) is 2.19. The fourth-order valence-corrected chi connectivity index (χ4v) is 2.68. The van der Waals surface area contributed by atoms with Crippen LogP contribution in [0.3, 0.4) is 0 Å². The van der Waals surface area contributed by atoms with Crippen LogP contribution in [-0.4, -0.2) is 27.8 Å². The molecule has 2 heterocycles. The van der Waals surface area contributed by atoms with Gasteiger partial charge in [0, 0.05) is 6.54 Å². The van der Waals surface area contributed by atoms with Crippen molar-refractivity contribution in [2.75, 3.05) is 11.4 Å². The first-order valence-corrected chi connectivity index (χ1v) is 6.51. The van der Waals surface area contributed by atoms with E-state index in [1.807, 2.05) is 30.3 Å². The summed E-state index contributed by atoms with van der Waals surface area (Å²) in [5.74, 6) is -0.640. The molecule has 0 aliphatic carbocycles. The zero-order valence-corrected chi connectivity index (χ0v) is 11.1. The second-order valence-corrected chi connectivity index (χ2v) is 4.76. The van der Waals surface area contributed by atoms with E-state index in [9.17, 15) is 15.2 Å². The summed E-state index contributed by atoms with van der Waals surface area (Å²) in [6.45, 7) is 0.487. The molecule has 104 valence electrons. The van der Waals surface area contributed by atoms with E-state index in [0.29, 0.717) is 24.3 Å². The number of hydrogen-bond donors (Lipinski definition) is 1. The van der Waals surface area contributed by atoms with E-state index in [-0.39, 0.29) is 0 Å². The average Bonchev–Trinajstić information content (AvgIpc) is 2.53. The maximum absolute atomic E-state index is 11.7. The molecule has 1 atom stereocenters. The van der Waals surface area contributed by atoms with Gasteiger partial charge in [-0.25, -0.2) is 4.79 Å². The summed E-state index contributed by atoms with van der Waals surface area (Å²) in [6.07, 6.45) is 2.14. The van der Waals surface area contributed by atoms with Crippen LogP contribution in [0.2, 0.25) is 0 Å². The van der Waals surface area contributed by atoms with Gasteiger partial charge in [0.2, 0.25) is 0 Å². The number of aliphatic carboxylic acids is 1. The summed E-state index contributed by atoms with van der Waals surface area (Å²) in [7, 11) is 0. The van der Waals surface area contributed by atoms with Crippen molar-refractivity contribution in [2.45, 2.75) is 12.5 Å². The van der Waals surface area contributed by atoms with Crippen molar-refractivity contribution in [3.63, 3.8) is 0 Å². The third-order valence-electron chi connectivity index (χ3n) is 3.61. The van der Waals surface area contributed by atoms with Crippen molar-refractivity contribution in [1.29, 1.82) is 5.26 Å². The predicted octanol–water partition coefficient (Wildman–Crippen LogP) is 1.54. The standard InChI is InChI=1S/C15H12N4O2/c16-9-11-5-7-17-18-14(11)19-8-6-10-3-1-2-4-12(10)13(19)15(20)21/h1-5,7,13H,6,8H2,(H,20,21). The minimum absolute atomic E-state index is 0.321. The molecule has 0 saturated carbocycles. The summed E-state index contributed by atoms with van der Waals surface area (Å²) in [5, 5.41) is 26.5. The Balaban J connectivity index is 2.12. The lowest BCUT2D eigenvalue weighted by molar-refractivity contribution is -0.138. The van der Waals surface area contributed by atoms with Crippen LogP contribution in [0.15, 0.2) is 36.5 Å². The first-order valence-electron chi connectivity index (χ1n) is 6.51. The zero-order chi connectivity index (χ0) is 14.8. The first-order chi connectivity index (χ1) is 10.2. The van der Waals surface area contributed by atoms with Crippen molar-refractivity contribution < 1.29 is 9.90 Å². The van der Waals surface area contributed by atoms with Crippen LogP contribution in [0, 0.1) is 11.3 Å². The molecular formula is C15H12N4O2. The van der Waals surface area contributed by atoms with Gasteiger partial charge in [0.1, 0.15) is 6.07 Å². The maximum Gasteiger partial charge on any atom is 0.331 e. The Labute approximate surface area is 121 Å². The van der Waals surface area contributed by atoms with Gasteiger partial charge in [-0.05, 0) is 23.6 Å². The number of nitrogens with zero attached hydrogens (tertiary/aromatic N) is 4. The number of carboxylic acids is 1. The molecule has 1 aromatic heterocycles. The number of rotatable bonds is 2. The Kier molecular flexibility index (Phi) is 3.24. The lowest BCUT2D eigenvalue weighted by Gasteiger charge is -2.35. The van der Waals surface area contributed by atoms with Crippen LogP contribution in [0.1, 0.15) is 22.7 Å². The number of fused-ring (bicyclic) bond motifs is 1. The van der Waals surface area contributed by atoms with Gasteiger partial charge < -0.3 is 10.0 Å². The second kappa shape index (κ2) is 5.21. The zero-order valence-electron chi connectivity index (χ0n) is 11.1. The number of nitriles is 1. The highest BCUT2D eigenvalue weighted by Gasteiger charge is 2.34. The van der Waals surface area contributed by atoms with Gasteiger partial charge in [-0.15, -0.1) is 5.10 Å². The molecule has 0 spiro atoms. The number of carboxylic acid groups (broad SMARTS) is 1. The molecule has 3 rings (SSSR count). The van der Waals surface area contributed by atoms with Crippen molar-refractivity contribution in [1.82, 2.24) is 10.2 Å². The Morgan fingerprint density at radius 3 is 2.95 bits per heavy atom. The largest absolute Gasteiger partial charge is 0.479 e. The van der Waals surface area contributed by atoms with Crippen LogP contribution in [-0.2, 0) is 11.2 Å². The van der Waals surface area contributed by atoms with Crippen LogP contribution < -0.4 is 4.90 Å². The SMILES string of the molecule is N#Cc1ccnnc1N1CCc2ccccc2C1C(=O)O. The molecule has 1 N–H and O–H groups in total.